The second kappa shape index (κ2) is 11.1. The van der Waals surface area contributed by atoms with Crippen molar-refractivity contribution in [1.29, 1.82) is 0 Å². The Labute approximate surface area is 183 Å². The molecular weight excluding hydrogens is 390 g/mol. The van der Waals surface area contributed by atoms with Crippen molar-refractivity contribution in [3.63, 3.8) is 0 Å². The van der Waals surface area contributed by atoms with Gasteiger partial charge in [-0.25, -0.2) is 4.98 Å². The first-order valence-corrected chi connectivity index (χ1v) is 10.6. The lowest BCUT2D eigenvalue weighted by Crippen LogP contribution is -2.22. The van der Waals surface area contributed by atoms with Gasteiger partial charge >= 0.3 is 0 Å². The Balaban J connectivity index is 1.40. The molecule has 3 aromatic rings. The van der Waals surface area contributed by atoms with Crippen molar-refractivity contribution in [2.45, 2.75) is 46.1 Å². The van der Waals surface area contributed by atoms with Crippen LogP contribution in [0.3, 0.4) is 0 Å². The Morgan fingerprint density at radius 1 is 1.03 bits per heavy atom. The number of anilines is 1. The van der Waals surface area contributed by atoms with Crippen LogP contribution in [0, 0.1) is 5.92 Å². The molecule has 0 atom stereocenters. The molecule has 0 spiro atoms. The highest BCUT2D eigenvalue weighted by Crippen LogP contribution is 2.20. The van der Waals surface area contributed by atoms with E-state index in [1.807, 2.05) is 68.4 Å². The number of carbonyl (C=O) groups is 2. The van der Waals surface area contributed by atoms with Gasteiger partial charge in [-0.15, -0.1) is 0 Å². The van der Waals surface area contributed by atoms with Gasteiger partial charge in [-0.3, -0.25) is 9.59 Å². The normalized spacial score (nSPS) is 10.8. The Bertz CT molecular complexity index is 996. The van der Waals surface area contributed by atoms with Gasteiger partial charge in [0.25, 0.3) is 0 Å². The summed E-state index contributed by atoms with van der Waals surface area (Å²) in [6, 6.07) is 17.4. The predicted molar refractivity (Wildman–Crippen MR) is 121 cm³/mol. The van der Waals surface area contributed by atoms with Crippen molar-refractivity contribution < 1.29 is 14.0 Å². The number of hydrogen-bond acceptors (Lipinski definition) is 4. The maximum Gasteiger partial charge on any atom is 0.224 e. The number of oxazole rings is 1. The minimum atomic E-state index is -0.0240. The van der Waals surface area contributed by atoms with E-state index in [1.165, 1.54) is 0 Å². The van der Waals surface area contributed by atoms with Crippen molar-refractivity contribution in [3.8, 4) is 11.3 Å². The summed E-state index contributed by atoms with van der Waals surface area (Å²) in [5.41, 5.74) is 2.67. The molecular formula is C25H29N3O3. The van der Waals surface area contributed by atoms with E-state index in [-0.39, 0.29) is 11.8 Å². The van der Waals surface area contributed by atoms with Crippen LogP contribution in [0.15, 0.2) is 65.2 Å². The summed E-state index contributed by atoms with van der Waals surface area (Å²) < 4.78 is 5.77. The molecule has 0 aliphatic heterocycles. The molecule has 0 aliphatic rings. The molecule has 0 bridgehead atoms. The molecule has 162 valence electrons. The summed E-state index contributed by atoms with van der Waals surface area (Å²) in [7, 11) is 0. The number of aromatic nitrogens is 1. The van der Waals surface area contributed by atoms with Crippen LogP contribution in [0.5, 0.6) is 0 Å². The van der Waals surface area contributed by atoms with Crippen LogP contribution in [0.25, 0.3) is 11.3 Å². The molecule has 2 N–H and O–H groups in total. The standard InChI is InChI=1S/C25H29N3O3/c1-18(2)14-24(30)28-21-11-6-8-19(15-21)16-26-23(29)12-7-13-25-27-17-22(31-25)20-9-4-3-5-10-20/h3-6,8-11,15,17-18H,7,12-14,16H2,1-2H3,(H,26,29)(H,28,30). The topological polar surface area (TPSA) is 84.2 Å². The summed E-state index contributed by atoms with van der Waals surface area (Å²) in [5.74, 6) is 1.66. The Kier molecular flexibility index (Phi) is 7.98. The minimum absolute atomic E-state index is 0.00172. The molecule has 1 aromatic heterocycles. The number of nitrogens with one attached hydrogen (secondary N) is 2. The fourth-order valence-electron chi connectivity index (χ4n) is 3.19. The quantitative estimate of drug-likeness (QED) is 0.486. The van der Waals surface area contributed by atoms with Crippen molar-refractivity contribution >= 4 is 17.5 Å². The summed E-state index contributed by atoms with van der Waals surface area (Å²) in [6.45, 7) is 4.44. The summed E-state index contributed by atoms with van der Waals surface area (Å²) in [5, 5.41) is 5.82. The van der Waals surface area contributed by atoms with E-state index in [0.717, 1.165) is 22.6 Å². The molecule has 0 saturated heterocycles. The third kappa shape index (κ3) is 7.41. The van der Waals surface area contributed by atoms with E-state index in [0.29, 0.717) is 44.0 Å². The lowest BCUT2D eigenvalue weighted by atomic mass is 10.1. The number of nitrogens with zero attached hydrogens (tertiary/aromatic N) is 1. The van der Waals surface area contributed by atoms with Crippen LogP contribution in [0.2, 0.25) is 0 Å². The molecule has 3 rings (SSSR count). The third-order valence-electron chi connectivity index (χ3n) is 4.70. The average Bonchev–Trinajstić information content (AvgIpc) is 3.21. The van der Waals surface area contributed by atoms with Gasteiger partial charge in [-0.05, 0) is 30.0 Å². The fraction of sp³-hybridized carbons (Fsp3) is 0.320. The highest BCUT2D eigenvalue weighted by Gasteiger charge is 2.09. The smallest absolute Gasteiger partial charge is 0.224 e. The number of rotatable bonds is 10. The first-order valence-electron chi connectivity index (χ1n) is 10.6. The van der Waals surface area contributed by atoms with E-state index in [9.17, 15) is 9.59 Å². The molecule has 0 fully saturated rings. The van der Waals surface area contributed by atoms with Gasteiger partial charge in [-0.2, -0.15) is 0 Å². The number of hydrogen-bond donors (Lipinski definition) is 2. The van der Waals surface area contributed by atoms with Gasteiger partial charge in [-0.1, -0.05) is 56.3 Å². The molecule has 0 aliphatic carbocycles. The zero-order valence-electron chi connectivity index (χ0n) is 18.1. The second-order valence-corrected chi connectivity index (χ2v) is 7.96. The van der Waals surface area contributed by atoms with Crippen LogP contribution in [-0.4, -0.2) is 16.8 Å². The third-order valence-corrected chi connectivity index (χ3v) is 4.70. The number of aryl methyl sites for hydroxylation is 1. The minimum Gasteiger partial charge on any atom is -0.441 e. The highest BCUT2D eigenvalue weighted by atomic mass is 16.4. The van der Waals surface area contributed by atoms with E-state index >= 15 is 0 Å². The summed E-state index contributed by atoms with van der Waals surface area (Å²) >= 11 is 0. The SMILES string of the molecule is CC(C)CC(=O)Nc1cccc(CNC(=O)CCCc2ncc(-c3ccccc3)o2)c1. The predicted octanol–water partition coefficient (Wildman–Crippen LogP) is 4.97. The van der Waals surface area contributed by atoms with E-state index in [4.69, 9.17) is 4.42 Å². The van der Waals surface area contributed by atoms with Crippen molar-refractivity contribution in [2.24, 2.45) is 5.92 Å². The van der Waals surface area contributed by atoms with Crippen LogP contribution >= 0.6 is 0 Å². The lowest BCUT2D eigenvalue weighted by Gasteiger charge is -2.09. The van der Waals surface area contributed by atoms with E-state index in [2.05, 4.69) is 15.6 Å². The Morgan fingerprint density at radius 2 is 1.84 bits per heavy atom. The van der Waals surface area contributed by atoms with Crippen molar-refractivity contribution in [1.82, 2.24) is 10.3 Å². The first-order chi connectivity index (χ1) is 15.0. The molecule has 1 heterocycles. The molecule has 6 nitrogen and oxygen atoms in total. The zero-order valence-corrected chi connectivity index (χ0v) is 18.1. The van der Waals surface area contributed by atoms with Crippen LogP contribution in [-0.2, 0) is 22.6 Å². The summed E-state index contributed by atoms with van der Waals surface area (Å²) in [4.78, 5) is 28.4. The van der Waals surface area contributed by atoms with Crippen LogP contribution in [0.1, 0.15) is 44.6 Å². The zero-order chi connectivity index (χ0) is 22.1. The van der Waals surface area contributed by atoms with Gasteiger partial charge in [0, 0.05) is 37.1 Å². The van der Waals surface area contributed by atoms with Gasteiger partial charge < -0.3 is 15.1 Å². The second-order valence-electron chi connectivity index (χ2n) is 7.96. The molecule has 0 radical (unpaired) electrons. The van der Waals surface area contributed by atoms with Gasteiger partial charge in [0.05, 0.1) is 6.20 Å². The van der Waals surface area contributed by atoms with Crippen molar-refractivity contribution in [3.05, 3.63) is 72.2 Å². The van der Waals surface area contributed by atoms with Crippen LogP contribution < -0.4 is 10.6 Å². The molecule has 6 heteroatoms. The maximum atomic E-state index is 12.2. The molecule has 31 heavy (non-hydrogen) atoms. The van der Waals surface area contributed by atoms with Gasteiger partial charge in [0.15, 0.2) is 11.7 Å². The fourth-order valence-corrected chi connectivity index (χ4v) is 3.19. The van der Waals surface area contributed by atoms with Crippen molar-refractivity contribution in [2.75, 3.05) is 5.32 Å². The molecule has 0 saturated carbocycles. The Morgan fingerprint density at radius 3 is 2.61 bits per heavy atom. The Hall–Kier alpha value is -3.41. The largest absolute Gasteiger partial charge is 0.441 e. The average molecular weight is 420 g/mol. The van der Waals surface area contributed by atoms with E-state index in [1.54, 1.807) is 6.20 Å². The van der Waals surface area contributed by atoms with Crippen LogP contribution in [0.4, 0.5) is 5.69 Å². The van der Waals surface area contributed by atoms with Gasteiger partial charge in [0.1, 0.15) is 0 Å². The molecule has 2 aromatic carbocycles. The first kappa shape index (κ1) is 22.3. The maximum absolute atomic E-state index is 12.2. The summed E-state index contributed by atoms with van der Waals surface area (Å²) in [6.07, 6.45) is 3.87. The number of amides is 2. The highest BCUT2D eigenvalue weighted by molar-refractivity contribution is 5.90. The lowest BCUT2D eigenvalue weighted by molar-refractivity contribution is -0.121. The number of carbonyl (C=O) groups excluding carboxylic acids is 2. The molecule has 2 amide bonds. The monoisotopic (exact) mass is 419 g/mol. The molecule has 0 unspecified atom stereocenters. The number of benzene rings is 2. The van der Waals surface area contributed by atoms with E-state index < -0.39 is 0 Å². The van der Waals surface area contributed by atoms with Gasteiger partial charge in [0.2, 0.25) is 11.8 Å².